The van der Waals surface area contributed by atoms with Crippen LogP contribution >= 0.6 is 11.3 Å². The van der Waals surface area contributed by atoms with Gasteiger partial charge in [0.25, 0.3) is 0 Å². The number of likely N-dealkylation sites (tertiary alicyclic amines) is 1. The van der Waals surface area contributed by atoms with E-state index < -0.39 is 12.0 Å². The lowest BCUT2D eigenvalue weighted by Gasteiger charge is -2.40. The molecule has 0 unspecified atom stereocenters. The van der Waals surface area contributed by atoms with Crippen molar-refractivity contribution in [2.45, 2.75) is 72.3 Å². The molecule has 198 valence electrons. The van der Waals surface area contributed by atoms with Crippen molar-refractivity contribution in [1.29, 1.82) is 0 Å². The Balaban J connectivity index is 2.08. The summed E-state index contributed by atoms with van der Waals surface area (Å²) in [5.41, 5.74) is 0.228. The molecule has 3 rings (SSSR count). The molecule has 0 radical (unpaired) electrons. The van der Waals surface area contributed by atoms with Crippen LogP contribution in [0.25, 0.3) is 0 Å². The minimum atomic E-state index is -0.663. The number of hydrogen-bond acceptors (Lipinski definition) is 6. The van der Waals surface area contributed by atoms with Gasteiger partial charge in [0.2, 0.25) is 11.8 Å². The fraction of sp³-hybridized carbons (Fsp3) is 0.679. The number of piperidine rings is 1. The predicted octanol–water partition coefficient (Wildman–Crippen LogP) is 4.73. The number of esters is 1. The van der Waals surface area contributed by atoms with Crippen molar-refractivity contribution < 1.29 is 23.9 Å². The molecule has 2 amide bonds. The third-order valence-electron chi connectivity index (χ3n) is 6.89. The average molecular weight is 517 g/mol. The van der Waals surface area contributed by atoms with E-state index in [1.165, 1.54) is 18.4 Å². The first-order valence-electron chi connectivity index (χ1n) is 12.9. The van der Waals surface area contributed by atoms with Crippen molar-refractivity contribution in [3.05, 3.63) is 15.8 Å². The normalized spacial score (nSPS) is 22.6. The molecule has 7 nitrogen and oxygen atoms in total. The van der Waals surface area contributed by atoms with Gasteiger partial charge in [-0.25, -0.2) is 4.79 Å². The molecular formula is C28H40N2O5S. The van der Waals surface area contributed by atoms with Crippen molar-refractivity contribution in [3.8, 4) is 11.8 Å². The van der Waals surface area contributed by atoms with E-state index in [2.05, 4.69) is 18.8 Å². The van der Waals surface area contributed by atoms with Gasteiger partial charge in [0, 0.05) is 31.5 Å². The maximum Gasteiger partial charge on any atom is 0.350 e. The Hall–Kier alpha value is -2.37. The van der Waals surface area contributed by atoms with Crippen molar-refractivity contribution >= 4 is 34.8 Å². The Morgan fingerprint density at radius 1 is 1.17 bits per heavy atom. The van der Waals surface area contributed by atoms with Crippen LogP contribution in [0.4, 0.5) is 5.69 Å². The molecule has 1 aromatic rings. The Kier molecular flexibility index (Phi) is 9.59. The topological polar surface area (TPSA) is 76.2 Å². The predicted molar refractivity (Wildman–Crippen MR) is 142 cm³/mol. The first kappa shape index (κ1) is 28.2. The van der Waals surface area contributed by atoms with E-state index in [1.807, 2.05) is 20.8 Å². The zero-order valence-electron chi connectivity index (χ0n) is 22.5. The second-order valence-electron chi connectivity index (χ2n) is 11.0. The van der Waals surface area contributed by atoms with Crippen LogP contribution in [-0.2, 0) is 19.1 Å². The molecule has 0 bridgehead atoms. The Morgan fingerprint density at radius 2 is 1.86 bits per heavy atom. The van der Waals surface area contributed by atoms with Gasteiger partial charge in [0.05, 0.1) is 24.3 Å². The minimum absolute atomic E-state index is 0.0767. The molecule has 1 aromatic heterocycles. The number of rotatable bonds is 7. The van der Waals surface area contributed by atoms with E-state index in [0.29, 0.717) is 47.5 Å². The van der Waals surface area contributed by atoms with Gasteiger partial charge >= 0.3 is 5.97 Å². The van der Waals surface area contributed by atoms with Gasteiger partial charge < -0.3 is 14.4 Å². The van der Waals surface area contributed by atoms with Gasteiger partial charge in [0.15, 0.2) is 0 Å². The number of thiophene rings is 1. The molecule has 2 heterocycles. The molecule has 2 fully saturated rings. The number of methoxy groups -OCH3 is 2. The zero-order chi connectivity index (χ0) is 26.5. The number of amides is 2. The summed E-state index contributed by atoms with van der Waals surface area (Å²) in [4.78, 5) is 45.0. The lowest BCUT2D eigenvalue weighted by atomic mass is 9.82. The van der Waals surface area contributed by atoms with Crippen LogP contribution in [0.3, 0.4) is 0 Å². The van der Waals surface area contributed by atoms with Gasteiger partial charge in [-0.1, -0.05) is 18.8 Å². The Morgan fingerprint density at radius 3 is 2.47 bits per heavy atom. The quantitative estimate of drug-likeness (QED) is 0.387. The molecule has 2 aliphatic rings. The summed E-state index contributed by atoms with van der Waals surface area (Å²) in [5, 5.41) is 0. The molecule has 0 aromatic carbocycles. The number of anilines is 1. The molecule has 1 aliphatic carbocycles. The van der Waals surface area contributed by atoms with Gasteiger partial charge in [0.1, 0.15) is 10.9 Å². The maximum absolute atomic E-state index is 14.1. The number of carbonyl (C=O) groups excluding carboxylic acids is 3. The molecule has 1 atom stereocenters. The van der Waals surface area contributed by atoms with E-state index in [1.54, 1.807) is 23.0 Å². The maximum atomic E-state index is 14.1. The van der Waals surface area contributed by atoms with Crippen molar-refractivity contribution in [3.63, 3.8) is 0 Å². The summed E-state index contributed by atoms with van der Waals surface area (Å²) in [7, 11) is 2.94. The third kappa shape index (κ3) is 6.89. The molecular weight excluding hydrogens is 476 g/mol. The van der Waals surface area contributed by atoms with Gasteiger partial charge in [-0.15, -0.1) is 11.3 Å². The van der Waals surface area contributed by atoms with E-state index >= 15 is 0 Å². The minimum Gasteiger partial charge on any atom is -0.465 e. The van der Waals surface area contributed by atoms with Crippen LogP contribution < -0.4 is 4.90 Å². The molecule has 1 saturated heterocycles. The van der Waals surface area contributed by atoms with E-state index in [-0.39, 0.29) is 23.1 Å². The second-order valence-corrected chi connectivity index (χ2v) is 12.0. The third-order valence-corrected chi connectivity index (χ3v) is 7.91. The lowest BCUT2D eigenvalue weighted by molar-refractivity contribution is -0.138. The van der Waals surface area contributed by atoms with Crippen molar-refractivity contribution in [1.82, 2.24) is 4.90 Å². The highest BCUT2D eigenvalue weighted by atomic mass is 32.1. The number of hydrogen-bond donors (Lipinski definition) is 0. The van der Waals surface area contributed by atoms with E-state index in [9.17, 15) is 14.4 Å². The number of nitrogens with zero attached hydrogens (tertiary/aromatic N) is 2. The second kappa shape index (κ2) is 12.2. The monoisotopic (exact) mass is 516 g/mol. The first-order chi connectivity index (χ1) is 17.1. The standard InChI is InChI=1S/C28H40N2O5S/c1-19-9-11-20(12-10-19)25(31)30(22-8-7-15-29(26(22)32)16-17-34-5)23-18-21(13-14-28(2,3)4)36-24(23)27(33)35-6/h18-20,22H,7-12,15-17H2,1-6H3/t19?,20?,22-/m0/s1. The molecule has 0 N–H and O–H groups in total. The van der Waals surface area contributed by atoms with Crippen LogP contribution in [-0.4, -0.2) is 62.6 Å². The summed E-state index contributed by atoms with van der Waals surface area (Å²) in [6.45, 7) is 9.82. The fourth-order valence-electron chi connectivity index (χ4n) is 4.84. The van der Waals surface area contributed by atoms with Crippen LogP contribution in [0.1, 0.15) is 80.8 Å². The average Bonchev–Trinajstić information content (AvgIpc) is 3.26. The highest BCUT2D eigenvalue weighted by molar-refractivity contribution is 7.15. The summed E-state index contributed by atoms with van der Waals surface area (Å²) in [6, 6.07) is 1.13. The zero-order valence-corrected chi connectivity index (χ0v) is 23.3. The first-order valence-corrected chi connectivity index (χ1v) is 13.7. The summed E-state index contributed by atoms with van der Waals surface area (Å²) in [5.74, 6) is 6.10. The van der Waals surface area contributed by atoms with E-state index in [4.69, 9.17) is 9.47 Å². The molecule has 36 heavy (non-hydrogen) atoms. The van der Waals surface area contributed by atoms with E-state index in [0.717, 1.165) is 32.1 Å². The summed E-state index contributed by atoms with van der Waals surface area (Å²) >= 11 is 1.22. The summed E-state index contributed by atoms with van der Waals surface area (Å²) in [6.07, 6.45) is 4.88. The van der Waals surface area contributed by atoms with Gasteiger partial charge in [-0.3, -0.25) is 14.5 Å². The lowest BCUT2D eigenvalue weighted by Crippen LogP contribution is -2.56. The Labute approximate surface area is 219 Å². The highest BCUT2D eigenvalue weighted by Crippen LogP contribution is 2.38. The van der Waals surface area contributed by atoms with Gasteiger partial charge in [-0.05, 0) is 71.3 Å². The van der Waals surface area contributed by atoms with Crippen molar-refractivity contribution in [2.24, 2.45) is 17.3 Å². The largest absolute Gasteiger partial charge is 0.465 e. The van der Waals surface area contributed by atoms with Crippen LogP contribution in [0.5, 0.6) is 0 Å². The highest BCUT2D eigenvalue weighted by Gasteiger charge is 2.41. The Bertz CT molecular complexity index is 1010. The molecule has 1 saturated carbocycles. The van der Waals surface area contributed by atoms with Gasteiger partial charge in [-0.2, -0.15) is 0 Å². The SMILES string of the molecule is COCCN1CCC[C@H](N(C(=O)C2CCC(C)CC2)c2cc(C#CC(C)(C)C)sc2C(=O)OC)C1=O. The smallest absolute Gasteiger partial charge is 0.350 e. The molecule has 1 aliphatic heterocycles. The van der Waals surface area contributed by atoms with Crippen LogP contribution in [0, 0.1) is 29.1 Å². The number of carbonyl (C=O) groups is 3. The molecule has 0 spiro atoms. The molecule has 8 heteroatoms. The van der Waals surface area contributed by atoms with Crippen LogP contribution in [0.15, 0.2) is 6.07 Å². The van der Waals surface area contributed by atoms with Crippen molar-refractivity contribution in [2.75, 3.05) is 38.8 Å². The van der Waals surface area contributed by atoms with Crippen LogP contribution in [0.2, 0.25) is 0 Å². The fourth-order valence-corrected chi connectivity index (χ4v) is 5.76. The number of ether oxygens (including phenoxy) is 2. The summed E-state index contributed by atoms with van der Waals surface area (Å²) < 4.78 is 10.3.